The Bertz CT molecular complexity index is 108. The number of piperidine rings is 1. The zero-order valence-electron chi connectivity index (χ0n) is 7.25. The third kappa shape index (κ3) is 3.18. The number of ether oxygens (including phenoxy) is 1. The number of hydrogen-bond acceptors (Lipinski definition) is 3. The van der Waals surface area contributed by atoms with E-state index in [-0.39, 0.29) is 0 Å². The first-order valence-electron chi connectivity index (χ1n) is 4.40. The fourth-order valence-electron chi connectivity index (χ4n) is 1.52. The lowest BCUT2D eigenvalue weighted by Gasteiger charge is -2.28. The summed E-state index contributed by atoms with van der Waals surface area (Å²) >= 11 is 0. The number of rotatable bonds is 3. The molecule has 1 fully saturated rings. The van der Waals surface area contributed by atoms with Gasteiger partial charge in [-0.15, -0.1) is 0 Å². The van der Waals surface area contributed by atoms with Crippen molar-refractivity contribution in [3.05, 3.63) is 0 Å². The second-order valence-corrected chi connectivity index (χ2v) is 3.16. The second kappa shape index (κ2) is 4.70. The molecule has 1 atom stereocenters. The molecule has 0 unspecified atom stereocenters. The van der Waals surface area contributed by atoms with E-state index < -0.39 is 0 Å². The third-order valence-electron chi connectivity index (χ3n) is 2.11. The lowest BCUT2D eigenvalue weighted by Crippen LogP contribution is -2.41. The average Bonchev–Trinajstić information content (AvgIpc) is 2.01. The number of nitrogens with zero attached hydrogens (tertiary/aromatic N) is 1. The van der Waals surface area contributed by atoms with Gasteiger partial charge in [0.1, 0.15) is 0 Å². The summed E-state index contributed by atoms with van der Waals surface area (Å²) in [4.78, 5) is 0. The highest BCUT2D eigenvalue weighted by atomic mass is 16.5. The van der Waals surface area contributed by atoms with Gasteiger partial charge < -0.3 is 4.74 Å². The molecule has 0 aromatic carbocycles. The smallest absolute Gasteiger partial charge is 0.0506 e. The van der Waals surface area contributed by atoms with Crippen LogP contribution < -0.4 is 5.84 Å². The van der Waals surface area contributed by atoms with E-state index in [0.29, 0.717) is 5.92 Å². The molecule has 0 radical (unpaired) electrons. The minimum atomic E-state index is 0.661. The van der Waals surface area contributed by atoms with Crippen molar-refractivity contribution in [3.63, 3.8) is 0 Å². The minimum Gasteiger partial charge on any atom is -0.381 e. The minimum absolute atomic E-state index is 0.661. The summed E-state index contributed by atoms with van der Waals surface area (Å²) in [6.45, 7) is 5.77. The molecule has 2 N–H and O–H groups in total. The van der Waals surface area contributed by atoms with E-state index in [4.69, 9.17) is 10.6 Å². The van der Waals surface area contributed by atoms with Crippen LogP contribution in [0, 0.1) is 5.92 Å². The highest BCUT2D eigenvalue weighted by Gasteiger charge is 2.16. The largest absolute Gasteiger partial charge is 0.381 e. The Balaban J connectivity index is 2.12. The monoisotopic (exact) mass is 158 g/mol. The molecule has 66 valence electrons. The van der Waals surface area contributed by atoms with Gasteiger partial charge in [0, 0.05) is 19.7 Å². The molecule has 1 heterocycles. The van der Waals surface area contributed by atoms with Crippen molar-refractivity contribution in [2.75, 3.05) is 26.3 Å². The van der Waals surface area contributed by atoms with Crippen molar-refractivity contribution in [2.24, 2.45) is 11.8 Å². The molecule has 0 aliphatic carbocycles. The Labute approximate surface area is 68.5 Å². The Morgan fingerprint density at radius 3 is 3.09 bits per heavy atom. The van der Waals surface area contributed by atoms with Gasteiger partial charge in [0.05, 0.1) is 6.61 Å². The van der Waals surface area contributed by atoms with E-state index in [1.807, 2.05) is 11.9 Å². The molecule has 3 heteroatoms. The van der Waals surface area contributed by atoms with Crippen LogP contribution >= 0.6 is 0 Å². The molecule has 0 amide bonds. The zero-order valence-corrected chi connectivity index (χ0v) is 7.25. The van der Waals surface area contributed by atoms with Gasteiger partial charge in [-0.25, -0.2) is 5.01 Å². The summed E-state index contributed by atoms with van der Waals surface area (Å²) in [6, 6.07) is 0. The van der Waals surface area contributed by atoms with E-state index in [2.05, 4.69) is 0 Å². The van der Waals surface area contributed by atoms with Crippen molar-refractivity contribution < 1.29 is 4.74 Å². The summed E-state index contributed by atoms with van der Waals surface area (Å²) in [5.74, 6) is 6.34. The van der Waals surface area contributed by atoms with Crippen LogP contribution in [0.3, 0.4) is 0 Å². The normalized spacial score (nSPS) is 27.3. The molecule has 1 aliphatic heterocycles. The fraction of sp³-hybridized carbons (Fsp3) is 1.00. The van der Waals surface area contributed by atoms with Crippen molar-refractivity contribution in [1.82, 2.24) is 5.01 Å². The predicted octanol–water partition coefficient (Wildman–Crippen LogP) is 0.609. The van der Waals surface area contributed by atoms with Crippen LogP contribution in [-0.4, -0.2) is 31.3 Å². The Kier molecular flexibility index (Phi) is 3.83. The molecular weight excluding hydrogens is 140 g/mol. The van der Waals surface area contributed by atoms with Crippen LogP contribution in [0.15, 0.2) is 0 Å². The highest BCUT2D eigenvalue weighted by Crippen LogP contribution is 2.13. The summed E-state index contributed by atoms with van der Waals surface area (Å²) in [5.41, 5.74) is 0. The molecule has 11 heavy (non-hydrogen) atoms. The zero-order chi connectivity index (χ0) is 8.10. The molecule has 0 aromatic rings. The second-order valence-electron chi connectivity index (χ2n) is 3.16. The maximum atomic E-state index is 5.67. The Morgan fingerprint density at radius 1 is 1.64 bits per heavy atom. The molecule has 0 spiro atoms. The van der Waals surface area contributed by atoms with Crippen LogP contribution in [-0.2, 0) is 4.74 Å². The van der Waals surface area contributed by atoms with Crippen molar-refractivity contribution in [2.45, 2.75) is 19.8 Å². The van der Waals surface area contributed by atoms with E-state index in [1.54, 1.807) is 0 Å². The highest BCUT2D eigenvalue weighted by molar-refractivity contribution is 4.68. The van der Waals surface area contributed by atoms with E-state index in [1.165, 1.54) is 12.8 Å². The quantitative estimate of drug-likeness (QED) is 0.612. The number of hydrazine groups is 1. The van der Waals surface area contributed by atoms with Crippen LogP contribution in [0.1, 0.15) is 19.8 Å². The van der Waals surface area contributed by atoms with Gasteiger partial charge in [-0.3, -0.25) is 5.84 Å². The maximum absolute atomic E-state index is 5.67. The lowest BCUT2D eigenvalue weighted by molar-refractivity contribution is 0.0672. The van der Waals surface area contributed by atoms with Gasteiger partial charge >= 0.3 is 0 Å². The van der Waals surface area contributed by atoms with Crippen LogP contribution in [0.2, 0.25) is 0 Å². The van der Waals surface area contributed by atoms with Gasteiger partial charge in [-0.1, -0.05) is 0 Å². The molecule has 3 nitrogen and oxygen atoms in total. The first kappa shape index (κ1) is 8.97. The van der Waals surface area contributed by atoms with Crippen LogP contribution in [0.25, 0.3) is 0 Å². The van der Waals surface area contributed by atoms with Gasteiger partial charge in [0.25, 0.3) is 0 Å². The van der Waals surface area contributed by atoms with E-state index in [0.717, 1.165) is 26.3 Å². The van der Waals surface area contributed by atoms with E-state index >= 15 is 0 Å². The summed E-state index contributed by atoms with van der Waals surface area (Å²) in [7, 11) is 0. The standard InChI is InChI=1S/C8H18N2O/c1-2-11-7-8-4-3-5-10(9)6-8/h8H,2-7,9H2,1H3/t8-/m0/s1. The van der Waals surface area contributed by atoms with Gasteiger partial charge in [0.2, 0.25) is 0 Å². The lowest BCUT2D eigenvalue weighted by atomic mass is 10.0. The van der Waals surface area contributed by atoms with Crippen LogP contribution in [0.5, 0.6) is 0 Å². The summed E-state index contributed by atoms with van der Waals surface area (Å²) in [6.07, 6.45) is 2.49. The number of hydrogen-bond donors (Lipinski definition) is 1. The van der Waals surface area contributed by atoms with E-state index in [9.17, 15) is 0 Å². The molecule has 1 rings (SSSR count). The van der Waals surface area contributed by atoms with Crippen molar-refractivity contribution in [3.8, 4) is 0 Å². The topological polar surface area (TPSA) is 38.5 Å². The maximum Gasteiger partial charge on any atom is 0.0506 e. The Morgan fingerprint density at radius 2 is 2.45 bits per heavy atom. The average molecular weight is 158 g/mol. The Hall–Kier alpha value is -0.120. The fourth-order valence-corrected chi connectivity index (χ4v) is 1.52. The van der Waals surface area contributed by atoms with Crippen LogP contribution in [0.4, 0.5) is 0 Å². The first-order chi connectivity index (χ1) is 5.33. The third-order valence-corrected chi connectivity index (χ3v) is 2.11. The SMILES string of the molecule is CCOC[C@H]1CCCN(N)C1. The molecule has 1 aliphatic rings. The van der Waals surface area contributed by atoms with Gasteiger partial charge in [-0.05, 0) is 25.7 Å². The van der Waals surface area contributed by atoms with Gasteiger partial charge in [-0.2, -0.15) is 0 Å². The molecule has 0 aromatic heterocycles. The van der Waals surface area contributed by atoms with Crippen molar-refractivity contribution in [1.29, 1.82) is 0 Å². The first-order valence-corrected chi connectivity index (χ1v) is 4.40. The van der Waals surface area contributed by atoms with Gasteiger partial charge in [0.15, 0.2) is 0 Å². The van der Waals surface area contributed by atoms with Crippen molar-refractivity contribution >= 4 is 0 Å². The summed E-state index contributed by atoms with van der Waals surface area (Å²) in [5, 5.41) is 1.90. The molecular formula is C8H18N2O. The predicted molar refractivity (Wildman–Crippen MR) is 45.0 cm³/mol. The summed E-state index contributed by atoms with van der Waals surface area (Å²) < 4.78 is 5.34. The molecule has 0 saturated carbocycles. The molecule has 1 saturated heterocycles. The number of nitrogens with two attached hydrogens (primary N) is 1. The molecule has 0 bridgehead atoms.